The molecule has 0 saturated heterocycles. The quantitative estimate of drug-likeness (QED) is 0.818. The van der Waals surface area contributed by atoms with Crippen molar-refractivity contribution in [2.75, 3.05) is 6.54 Å². The van der Waals surface area contributed by atoms with Crippen LogP contribution in [-0.2, 0) is 0 Å². The van der Waals surface area contributed by atoms with Gasteiger partial charge in [-0.2, -0.15) is 0 Å². The smallest absolute Gasteiger partial charge is 0.194 e. The summed E-state index contributed by atoms with van der Waals surface area (Å²) < 4.78 is 2.11. The van der Waals surface area contributed by atoms with Crippen LogP contribution in [0.5, 0.6) is 0 Å². The van der Waals surface area contributed by atoms with E-state index in [4.69, 9.17) is 5.73 Å². The molecule has 14 heavy (non-hydrogen) atoms. The van der Waals surface area contributed by atoms with Gasteiger partial charge in [-0.05, 0) is 19.9 Å². The van der Waals surface area contributed by atoms with E-state index in [2.05, 4.69) is 22.5 Å². The first kappa shape index (κ1) is 9.43. The van der Waals surface area contributed by atoms with Crippen LogP contribution in [0.4, 0.5) is 0 Å². The first-order valence-electron chi connectivity index (χ1n) is 4.54. The van der Waals surface area contributed by atoms with Crippen LogP contribution in [0.2, 0.25) is 0 Å². The number of nitrogens with two attached hydrogens (primary N) is 1. The fourth-order valence-corrected chi connectivity index (χ4v) is 2.34. The van der Waals surface area contributed by atoms with Gasteiger partial charge in [-0.1, -0.05) is 6.08 Å². The van der Waals surface area contributed by atoms with Gasteiger partial charge in [0.1, 0.15) is 0 Å². The van der Waals surface area contributed by atoms with E-state index >= 15 is 0 Å². The minimum atomic E-state index is 0.565. The van der Waals surface area contributed by atoms with Crippen LogP contribution in [0.25, 0.3) is 11.0 Å². The second-order valence-corrected chi connectivity index (χ2v) is 4.43. The van der Waals surface area contributed by atoms with Gasteiger partial charge in [0.15, 0.2) is 4.96 Å². The van der Waals surface area contributed by atoms with E-state index in [1.807, 2.05) is 19.1 Å². The summed E-state index contributed by atoms with van der Waals surface area (Å²) >= 11 is 1.71. The summed E-state index contributed by atoms with van der Waals surface area (Å²) in [6.07, 6.45) is 6.08. The molecule has 0 radical (unpaired) electrons. The maximum absolute atomic E-state index is 5.43. The standard InChI is InChI=1S/C10H13N3S/c1-7-6-13-9(4-3-5-11)8(2)12-10(13)14-7/h3-4,6H,5,11H2,1-2H3. The lowest BCUT2D eigenvalue weighted by molar-refractivity contribution is 1.17. The van der Waals surface area contributed by atoms with E-state index in [9.17, 15) is 0 Å². The molecule has 0 saturated carbocycles. The fraction of sp³-hybridized carbons (Fsp3) is 0.300. The van der Waals surface area contributed by atoms with Crippen molar-refractivity contribution >= 4 is 22.4 Å². The molecule has 4 heteroatoms. The average Bonchev–Trinajstić information content (AvgIpc) is 2.58. The van der Waals surface area contributed by atoms with Crippen LogP contribution in [0.15, 0.2) is 12.3 Å². The molecule has 0 aromatic carbocycles. The molecule has 0 bridgehead atoms. The van der Waals surface area contributed by atoms with Crippen molar-refractivity contribution in [2.24, 2.45) is 5.73 Å². The summed E-state index contributed by atoms with van der Waals surface area (Å²) in [5.41, 5.74) is 7.62. The zero-order valence-corrected chi connectivity index (χ0v) is 9.14. The molecule has 0 unspecified atom stereocenters. The minimum absolute atomic E-state index is 0.565. The van der Waals surface area contributed by atoms with Crippen LogP contribution in [0.3, 0.4) is 0 Å². The van der Waals surface area contributed by atoms with Crippen LogP contribution in [0.1, 0.15) is 16.3 Å². The molecular weight excluding hydrogens is 194 g/mol. The second-order valence-electron chi connectivity index (χ2n) is 3.21. The van der Waals surface area contributed by atoms with Gasteiger partial charge in [0, 0.05) is 17.6 Å². The number of hydrogen-bond acceptors (Lipinski definition) is 3. The second kappa shape index (κ2) is 3.55. The van der Waals surface area contributed by atoms with Gasteiger partial charge in [-0.3, -0.25) is 4.40 Å². The predicted octanol–water partition coefficient (Wildman–Crippen LogP) is 1.98. The minimum Gasteiger partial charge on any atom is -0.327 e. The summed E-state index contributed by atoms with van der Waals surface area (Å²) in [6, 6.07) is 0. The topological polar surface area (TPSA) is 43.3 Å². The number of rotatable bonds is 2. The molecule has 0 aliphatic rings. The van der Waals surface area contributed by atoms with Gasteiger partial charge in [0.25, 0.3) is 0 Å². The fourth-order valence-electron chi connectivity index (χ4n) is 1.46. The Kier molecular flexibility index (Phi) is 2.39. The third-order valence-electron chi connectivity index (χ3n) is 2.07. The molecule has 2 rings (SSSR count). The summed E-state index contributed by atoms with van der Waals surface area (Å²) in [6.45, 7) is 4.67. The third-order valence-corrected chi connectivity index (χ3v) is 2.97. The van der Waals surface area contributed by atoms with E-state index in [0.717, 1.165) is 16.3 Å². The van der Waals surface area contributed by atoms with Crippen LogP contribution in [-0.4, -0.2) is 15.9 Å². The number of aromatic nitrogens is 2. The van der Waals surface area contributed by atoms with Crippen molar-refractivity contribution in [3.05, 3.63) is 28.5 Å². The molecule has 0 fully saturated rings. The van der Waals surface area contributed by atoms with E-state index < -0.39 is 0 Å². The Balaban J connectivity index is 2.59. The summed E-state index contributed by atoms with van der Waals surface area (Å²) in [4.78, 5) is 6.80. The first-order chi connectivity index (χ1) is 6.72. The summed E-state index contributed by atoms with van der Waals surface area (Å²) in [5, 5.41) is 0. The maximum atomic E-state index is 5.43. The van der Waals surface area contributed by atoms with Crippen LogP contribution < -0.4 is 5.73 Å². The van der Waals surface area contributed by atoms with Gasteiger partial charge < -0.3 is 5.73 Å². The molecule has 0 aliphatic heterocycles. The first-order valence-corrected chi connectivity index (χ1v) is 5.35. The number of nitrogens with zero attached hydrogens (tertiary/aromatic N) is 2. The molecule has 0 amide bonds. The Morgan fingerprint density at radius 2 is 2.36 bits per heavy atom. The Bertz CT molecular complexity index is 479. The zero-order valence-electron chi connectivity index (χ0n) is 8.32. The largest absolute Gasteiger partial charge is 0.327 e. The van der Waals surface area contributed by atoms with Crippen molar-refractivity contribution in [3.8, 4) is 0 Å². The molecule has 0 atom stereocenters. The lowest BCUT2D eigenvalue weighted by Gasteiger charge is -1.91. The normalized spacial score (nSPS) is 11.9. The van der Waals surface area contributed by atoms with E-state index in [1.165, 1.54) is 4.88 Å². The van der Waals surface area contributed by atoms with Gasteiger partial charge in [0.05, 0.1) is 11.4 Å². The van der Waals surface area contributed by atoms with Crippen molar-refractivity contribution in [1.82, 2.24) is 9.38 Å². The van der Waals surface area contributed by atoms with Crippen molar-refractivity contribution < 1.29 is 0 Å². The van der Waals surface area contributed by atoms with Gasteiger partial charge >= 0.3 is 0 Å². The molecule has 3 nitrogen and oxygen atoms in total. The Morgan fingerprint density at radius 3 is 3.07 bits per heavy atom. The highest BCUT2D eigenvalue weighted by molar-refractivity contribution is 7.17. The Labute approximate surface area is 86.9 Å². The number of aryl methyl sites for hydroxylation is 2. The molecular formula is C10H13N3S. The maximum Gasteiger partial charge on any atom is 0.194 e. The molecule has 74 valence electrons. The number of thiazole rings is 1. The molecule has 2 heterocycles. The zero-order chi connectivity index (χ0) is 10.1. The van der Waals surface area contributed by atoms with Crippen molar-refractivity contribution in [1.29, 1.82) is 0 Å². The van der Waals surface area contributed by atoms with Crippen molar-refractivity contribution in [2.45, 2.75) is 13.8 Å². The molecule has 2 aromatic rings. The molecule has 0 aliphatic carbocycles. The highest BCUT2D eigenvalue weighted by Gasteiger charge is 2.07. The molecule has 2 N–H and O–H groups in total. The van der Waals surface area contributed by atoms with Crippen LogP contribution in [0, 0.1) is 13.8 Å². The summed E-state index contributed by atoms with van der Waals surface area (Å²) in [7, 11) is 0. The van der Waals surface area contributed by atoms with E-state index in [-0.39, 0.29) is 0 Å². The molecule has 0 spiro atoms. The van der Waals surface area contributed by atoms with Crippen LogP contribution >= 0.6 is 11.3 Å². The monoisotopic (exact) mass is 207 g/mol. The highest BCUT2D eigenvalue weighted by Crippen LogP contribution is 2.21. The third kappa shape index (κ3) is 1.47. The van der Waals surface area contributed by atoms with Gasteiger partial charge in [-0.15, -0.1) is 11.3 Å². The van der Waals surface area contributed by atoms with Gasteiger partial charge in [0.2, 0.25) is 0 Å². The number of hydrogen-bond donors (Lipinski definition) is 1. The van der Waals surface area contributed by atoms with E-state index in [0.29, 0.717) is 6.54 Å². The SMILES string of the molecule is Cc1cn2c(C=CCN)c(C)nc2s1. The van der Waals surface area contributed by atoms with E-state index in [1.54, 1.807) is 11.3 Å². The number of imidazole rings is 1. The average molecular weight is 207 g/mol. The highest BCUT2D eigenvalue weighted by atomic mass is 32.1. The number of fused-ring (bicyclic) bond motifs is 1. The molecule has 2 aromatic heterocycles. The van der Waals surface area contributed by atoms with Gasteiger partial charge in [-0.25, -0.2) is 4.98 Å². The lowest BCUT2D eigenvalue weighted by Crippen LogP contribution is -1.93. The van der Waals surface area contributed by atoms with Crippen molar-refractivity contribution in [3.63, 3.8) is 0 Å². The lowest BCUT2D eigenvalue weighted by atomic mass is 10.3. The Morgan fingerprint density at radius 1 is 1.57 bits per heavy atom. The Hall–Kier alpha value is -1.13. The summed E-state index contributed by atoms with van der Waals surface area (Å²) in [5.74, 6) is 0. The predicted molar refractivity (Wildman–Crippen MR) is 60.6 cm³/mol.